The van der Waals surface area contributed by atoms with Gasteiger partial charge in [0, 0.05) is 24.2 Å². The number of ether oxygens (including phenoxy) is 1. The zero-order valence-corrected chi connectivity index (χ0v) is 10.8. The van der Waals surface area contributed by atoms with Crippen LogP contribution in [0.25, 0.3) is 0 Å². The Balaban J connectivity index is 2.51. The van der Waals surface area contributed by atoms with Crippen molar-refractivity contribution in [2.45, 2.75) is 25.8 Å². The number of hydrogen-bond acceptors (Lipinski definition) is 4. The Morgan fingerprint density at radius 3 is 2.84 bits per heavy atom. The lowest BCUT2D eigenvalue weighted by molar-refractivity contribution is -0.137. The number of rotatable bonds is 8. The van der Waals surface area contributed by atoms with Crippen molar-refractivity contribution in [1.29, 1.82) is 0 Å². The van der Waals surface area contributed by atoms with Gasteiger partial charge in [-0.1, -0.05) is 6.07 Å². The van der Waals surface area contributed by atoms with Crippen molar-refractivity contribution in [2.24, 2.45) is 5.73 Å². The zero-order valence-electron chi connectivity index (χ0n) is 10.8. The van der Waals surface area contributed by atoms with Crippen molar-refractivity contribution in [3.05, 3.63) is 24.3 Å². The molecule has 0 aromatic heterocycles. The van der Waals surface area contributed by atoms with E-state index in [9.17, 15) is 9.59 Å². The third-order valence-corrected chi connectivity index (χ3v) is 2.42. The molecule has 0 aliphatic rings. The Kier molecular flexibility index (Phi) is 5.66. The maximum atomic E-state index is 10.6. The third-order valence-electron chi connectivity index (χ3n) is 2.42. The normalized spacial score (nSPS) is 11.6. The maximum absolute atomic E-state index is 10.6. The van der Waals surface area contributed by atoms with Crippen molar-refractivity contribution in [3.63, 3.8) is 0 Å². The molecule has 0 saturated heterocycles. The highest BCUT2D eigenvalue weighted by molar-refractivity contribution is 5.75. The van der Waals surface area contributed by atoms with E-state index in [2.05, 4.69) is 5.32 Å². The predicted molar refractivity (Wildman–Crippen MR) is 71.1 cm³/mol. The standard InChI is InChI=1S/C13H18N2O4/c1-9(5-6-13(17)18)15-10-3-2-4-11(7-10)19-8-12(14)16/h2-4,7,9,15H,5-6,8H2,1H3,(H2,14,16)(H,17,18). The van der Waals surface area contributed by atoms with Crippen LogP contribution in [0.4, 0.5) is 5.69 Å². The number of aliphatic carboxylic acids is 1. The molecule has 0 saturated carbocycles. The summed E-state index contributed by atoms with van der Waals surface area (Å²) in [5, 5.41) is 11.8. The van der Waals surface area contributed by atoms with E-state index in [0.717, 1.165) is 5.69 Å². The fraction of sp³-hybridized carbons (Fsp3) is 0.385. The molecule has 1 atom stereocenters. The van der Waals surface area contributed by atoms with Gasteiger partial charge in [0.25, 0.3) is 5.91 Å². The van der Waals surface area contributed by atoms with Crippen LogP contribution in [-0.2, 0) is 9.59 Å². The molecule has 1 amide bonds. The van der Waals surface area contributed by atoms with Gasteiger partial charge in [-0.05, 0) is 25.5 Å². The summed E-state index contributed by atoms with van der Waals surface area (Å²) in [5.74, 6) is -0.811. The second-order valence-corrected chi connectivity index (χ2v) is 4.26. The molecule has 0 aliphatic heterocycles. The highest BCUT2D eigenvalue weighted by Gasteiger charge is 2.06. The lowest BCUT2D eigenvalue weighted by Crippen LogP contribution is -2.20. The molecule has 0 bridgehead atoms. The lowest BCUT2D eigenvalue weighted by Gasteiger charge is -2.15. The molecule has 1 aromatic carbocycles. The highest BCUT2D eigenvalue weighted by Crippen LogP contribution is 2.18. The number of carbonyl (C=O) groups is 2. The van der Waals surface area contributed by atoms with Crippen LogP contribution in [0.15, 0.2) is 24.3 Å². The van der Waals surface area contributed by atoms with E-state index in [-0.39, 0.29) is 19.1 Å². The van der Waals surface area contributed by atoms with Crippen LogP contribution in [0, 0.1) is 0 Å². The van der Waals surface area contributed by atoms with Crippen LogP contribution in [-0.4, -0.2) is 29.6 Å². The quantitative estimate of drug-likeness (QED) is 0.656. The van der Waals surface area contributed by atoms with Crippen LogP contribution in [0.3, 0.4) is 0 Å². The minimum Gasteiger partial charge on any atom is -0.484 e. The molecule has 1 aromatic rings. The Bertz CT molecular complexity index is 448. The first-order chi connectivity index (χ1) is 8.97. The van der Waals surface area contributed by atoms with E-state index in [1.165, 1.54) is 0 Å². The largest absolute Gasteiger partial charge is 0.484 e. The highest BCUT2D eigenvalue weighted by atomic mass is 16.5. The van der Waals surface area contributed by atoms with E-state index >= 15 is 0 Å². The smallest absolute Gasteiger partial charge is 0.303 e. The van der Waals surface area contributed by atoms with Crippen LogP contribution >= 0.6 is 0 Å². The third kappa shape index (κ3) is 6.30. The van der Waals surface area contributed by atoms with Crippen molar-refractivity contribution < 1.29 is 19.4 Å². The van der Waals surface area contributed by atoms with E-state index in [4.69, 9.17) is 15.6 Å². The van der Waals surface area contributed by atoms with E-state index in [1.54, 1.807) is 18.2 Å². The summed E-state index contributed by atoms with van der Waals surface area (Å²) >= 11 is 0. The summed E-state index contributed by atoms with van der Waals surface area (Å²) in [5.41, 5.74) is 5.80. The number of carboxylic acid groups (broad SMARTS) is 1. The Morgan fingerprint density at radius 2 is 2.21 bits per heavy atom. The minimum absolute atomic E-state index is 0.0301. The van der Waals surface area contributed by atoms with Crippen LogP contribution in [0.1, 0.15) is 19.8 Å². The summed E-state index contributed by atoms with van der Waals surface area (Å²) in [7, 11) is 0. The molecule has 0 spiro atoms. The molecular weight excluding hydrogens is 248 g/mol. The summed E-state index contributed by atoms with van der Waals surface area (Å²) in [6, 6.07) is 7.11. The van der Waals surface area contributed by atoms with Gasteiger partial charge in [0.05, 0.1) is 0 Å². The number of nitrogens with one attached hydrogen (secondary N) is 1. The molecule has 0 radical (unpaired) electrons. The number of benzene rings is 1. The first-order valence-corrected chi connectivity index (χ1v) is 5.97. The number of carboxylic acids is 1. The SMILES string of the molecule is CC(CCC(=O)O)Nc1cccc(OCC(N)=O)c1. The molecule has 1 unspecified atom stereocenters. The monoisotopic (exact) mass is 266 g/mol. The van der Waals surface area contributed by atoms with Gasteiger partial charge in [-0.2, -0.15) is 0 Å². The predicted octanol–water partition coefficient (Wildman–Crippen LogP) is 1.22. The van der Waals surface area contributed by atoms with E-state index in [0.29, 0.717) is 12.2 Å². The minimum atomic E-state index is -0.813. The van der Waals surface area contributed by atoms with Gasteiger partial charge in [-0.15, -0.1) is 0 Å². The summed E-state index contributed by atoms with van der Waals surface area (Å²) < 4.78 is 5.18. The Morgan fingerprint density at radius 1 is 1.47 bits per heavy atom. The van der Waals surface area contributed by atoms with Crippen molar-refractivity contribution >= 4 is 17.6 Å². The fourth-order valence-corrected chi connectivity index (χ4v) is 1.53. The molecule has 1 rings (SSSR count). The second-order valence-electron chi connectivity index (χ2n) is 4.26. The van der Waals surface area contributed by atoms with Crippen LogP contribution < -0.4 is 15.8 Å². The fourth-order valence-electron chi connectivity index (χ4n) is 1.53. The van der Waals surface area contributed by atoms with Gasteiger partial charge in [0.2, 0.25) is 0 Å². The Labute approximate surface area is 111 Å². The van der Waals surface area contributed by atoms with Crippen molar-refractivity contribution in [1.82, 2.24) is 0 Å². The Hall–Kier alpha value is -2.24. The van der Waals surface area contributed by atoms with Gasteiger partial charge >= 0.3 is 5.97 Å². The van der Waals surface area contributed by atoms with Gasteiger partial charge in [0.1, 0.15) is 5.75 Å². The van der Waals surface area contributed by atoms with E-state index < -0.39 is 11.9 Å². The number of primary amides is 1. The molecule has 4 N–H and O–H groups in total. The lowest BCUT2D eigenvalue weighted by atomic mass is 10.1. The average Bonchev–Trinajstić information content (AvgIpc) is 2.34. The van der Waals surface area contributed by atoms with Crippen molar-refractivity contribution in [3.8, 4) is 5.75 Å². The van der Waals surface area contributed by atoms with Crippen LogP contribution in [0.2, 0.25) is 0 Å². The summed E-state index contributed by atoms with van der Waals surface area (Å²) in [6.45, 7) is 1.73. The number of nitrogens with two attached hydrogens (primary N) is 1. The van der Waals surface area contributed by atoms with Crippen molar-refractivity contribution in [2.75, 3.05) is 11.9 Å². The van der Waals surface area contributed by atoms with Gasteiger partial charge < -0.3 is 20.9 Å². The molecular formula is C13H18N2O4. The molecule has 0 heterocycles. The molecule has 0 fully saturated rings. The van der Waals surface area contributed by atoms with E-state index in [1.807, 2.05) is 13.0 Å². The van der Waals surface area contributed by atoms with Gasteiger partial charge in [-0.3, -0.25) is 9.59 Å². The average molecular weight is 266 g/mol. The number of anilines is 1. The number of amides is 1. The van der Waals surface area contributed by atoms with Gasteiger partial charge in [0.15, 0.2) is 6.61 Å². The first kappa shape index (κ1) is 14.8. The molecule has 6 heteroatoms. The summed E-state index contributed by atoms with van der Waals surface area (Å²) in [4.78, 5) is 21.1. The topological polar surface area (TPSA) is 102 Å². The molecule has 0 aliphatic carbocycles. The van der Waals surface area contributed by atoms with Crippen LogP contribution in [0.5, 0.6) is 5.75 Å². The molecule has 6 nitrogen and oxygen atoms in total. The number of hydrogen-bond donors (Lipinski definition) is 3. The molecule has 104 valence electrons. The summed E-state index contributed by atoms with van der Waals surface area (Å²) in [6.07, 6.45) is 0.647. The van der Waals surface area contributed by atoms with Gasteiger partial charge in [-0.25, -0.2) is 0 Å². The maximum Gasteiger partial charge on any atom is 0.303 e. The second kappa shape index (κ2) is 7.25. The zero-order chi connectivity index (χ0) is 14.3. The molecule has 19 heavy (non-hydrogen) atoms. The first-order valence-electron chi connectivity index (χ1n) is 5.97. The number of carbonyl (C=O) groups excluding carboxylic acids is 1.